The van der Waals surface area contributed by atoms with Crippen molar-refractivity contribution < 1.29 is 14.3 Å². The highest BCUT2D eigenvalue weighted by molar-refractivity contribution is 7.99. The third kappa shape index (κ3) is 6.55. The number of esters is 1. The molecule has 0 spiro atoms. The minimum Gasteiger partial charge on any atom is -0.466 e. The van der Waals surface area contributed by atoms with E-state index in [1.807, 2.05) is 35.8 Å². The van der Waals surface area contributed by atoms with Gasteiger partial charge in [0.25, 0.3) is 0 Å². The molecular weight excluding hydrogens is 388 g/mol. The third-order valence-corrected chi connectivity index (χ3v) is 4.87. The Hall–Kier alpha value is -2.06. The first-order chi connectivity index (χ1) is 13.0. The highest BCUT2D eigenvalue weighted by Crippen LogP contribution is 2.24. The molecule has 1 amide bonds. The van der Waals surface area contributed by atoms with E-state index in [4.69, 9.17) is 16.3 Å². The van der Waals surface area contributed by atoms with E-state index in [1.54, 1.807) is 6.92 Å². The summed E-state index contributed by atoms with van der Waals surface area (Å²) in [6.07, 6.45) is 0.858. The number of aromatic nitrogens is 3. The normalized spacial score (nSPS) is 10.6. The molecule has 9 heteroatoms. The summed E-state index contributed by atoms with van der Waals surface area (Å²) in [5.41, 5.74) is 0.920. The smallest absolute Gasteiger partial charge is 0.305 e. The van der Waals surface area contributed by atoms with Crippen molar-refractivity contribution in [1.29, 1.82) is 0 Å². The lowest BCUT2D eigenvalue weighted by atomic mass is 10.2. The molecule has 0 unspecified atom stereocenters. The molecule has 27 heavy (non-hydrogen) atoms. The number of rotatable bonds is 10. The Morgan fingerprint density at radius 3 is 2.63 bits per heavy atom. The van der Waals surface area contributed by atoms with Crippen LogP contribution in [0.1, 0.15) is 26.7 Å². The lowest BCUT2D eigenvalue weighted by Gasteiger charge is -2.08. The van der Waals surface area contributed by atoms with Crippen molar-refractivity contribution in [3.8, 4) is 11.4 Å². The second kappa shape index (κ2) is 10.9. The molecule has 0 saturated heterocycles. The maximum atomic E-state index is 12.0. The van der Waals surface area contributed by atoms with E-state index >= 15 is 0 Å². The van der Waals surface area contributed by atoms with Crippen molar-refractivity contribution >= 4 is 35.2 Å². The Morgan fingerprint density at radius 1 is 1.22 bits per heavy atom. The fraction of sp³-hybridized carbons (Fsp3) is 0.444. The van der Waals surface area contributed by atoms with Crippen molar-refractivity contribution in [1.82, 2.24) is 20.1 Å². The number of hydrogen-bond acceptors (Lipinski definition) is 6. The van der Waals surface area contributed by atoms with Crippen LogP contribution in [0.3, 0.4) is 0 Å². The van der Waals surface area contributed by atoms with Crippen LogP contribution < -0.4 is 5.32 Å². The Labute approximate surface area is 167 Å². The molecule has 1 aromatic carbocycles. The zero-order chi connectivity index (χ0) is 19.6. The van der Waals surface area contributed by atoms with Crippen LogP contribution in [0.2, 0.25) is 5.02 Å². The van der Waals surface area contributed by atoms with Crippen molar-refractivity contribution in [3.05, 3.63) is 29.3 Å². The van der Waals surface area contributed by atoms with Crippen molar-refractivity contribution in [3.63, 3.8) is 0 Å². The highest BCUT2D eigenvalue weighted by atomic mass is 35.5. The molecule has 0 fully saturated rings. The Bertz CT molecular complexity index is 764. The average Bonchev–Trinajstić information content (AvgIpc) is 3.07. The van der Waals surface area contributed by atoms with Crippen LogP contribution in [-0.4, -0.2) is 45.5 Å². The van der Waals surface area contributed by atoms with E-state index in [9.17, 15) is 9.59 Å². The molecule has 146 valence electrons. The molecule has 1 aromatic heterocycles. The van der Waals surface area contributed by atoms with E-state index in [1.165, 1.54) is 11.8 Å². The first kappa shape index (κ1) is 21.2. The zero-order valence-corrected chi connectivity index (χ0v) is 17.0. The van der Waals surface area contributed by atoms with Crippen molar-refractivity contribution in [2.45, 2.75) is 38.4 Å². The van der Waals surface area contributed by atoms with Crippen LogP contribution in [0.4, 0.5) is 0 Å². The number of nitrogens with one attached hydrogen (secondary N) is 1. The molecule has 0 aliphatic carbocycles. The molecule has 0 radical (unpaired) electrons. The van der Waals surface area contributed by atoms with Crippen LogP contribution in [0.25, 0.3) is 11.4 Å². The van der Waals surface area contributed by atoms with Crippen molar-refractivity contribution in [2.75, 3.05) is 18.9 Å². The number of nitrogens with zero attached hydrogens (tertiary/aromatic N) is 3. The SMILES string of the molecule is CCOC(=O)CCCNC(=O)CSc1nnc(-c2ccc(Cl)cc2)n1CC. The molecule has 0 aliphatic heterocycles. The van der Waals surface area contributed by atoms with Crippen LogP contribution in [0.15, 0.2) is 29.4 Å². The number of carbonyl (C=O) groups is 2. The molecular formula is C18H23ClN4O3S. The third-order valence-electron chi connectivity index (χ3n) is 3.65. The molecule has 2 aromatic rings. The second-order valence-corrected chi connectivity index (χ2v) is 6.98. The molecule has 1 N–H and O–H groups in total. The minimum atomic E-state index is -0.244. The summed E-state index contributed by atoms with van der Waals surface area (Å²) in [6, 6.07) is 7.40. The largest absolute Gasteiger partial charge is 0.466 e. The van der Waals surface area contributed by atoms with Gasteiger partial charge in [0.05, 0.1) is 12.4 Å². The van der Waals surface area contributed by atoms with Crippen LogP contribution in [-0.2, 0) is 20.9 Å². The van der Waals surface area contributed by atoms with E-state index in [-0.39, 0.29) is 17.6 Å². The molecule has 1 heterocycles. The second-order valence-electron chi connectivity index (χ2n) is 5.60. The minimum absolute atomic E-state index is 0.109. The Morgan fingerprint density at radius 2 is 1.96 bits per heavy atom. The van der Waals surface area contributed by atoms with E-state index in [0.717, 1.165) is 11.4 Å². The Kier molecular flexibility index (Phi) is 8.60. The quantitative estimate of drug-likeness (QED) is 0.368. The van der Waals surface area contributed by atoms with Gasteiger partial charge < -0.3 is 14.6 Å². The summed E-state index contributed by atoms with van der Waals surface area (Å²) in [5.74, 6) is 0.624. The lowest BCUT2D eigenvalue weighted by Crippen LogP contribution is -2.26. The number of carbonyl (C=O) groups excluding carboxylic acids is 2. The van der Waals surface area contributed by atoms with Gasteiger partial charge in [0, 0.05) is 30.1 Å². The zero-order valence-electron chi connectivity index (χ0n) is 15.4. The molecule has 2 rings (SSSR count). The van der Waals surface area contributed by atoms with Crippen molar-refractivity contribution in [2.24, 2.45) is 0 Å². The molecule has 0 aliphatic rings. The van der Waals surface area contributed by atoms with Gasteiger partial charge in [0.2, 0.25) is 5.91 Å². The van der Waals surface area contributed by atoms with Gasteiger partial charge in [-0.2, -0.15) is 0 Å². The van der Waals surface area contributed by atoms with E-state index in [0.29, 0.717) is 42.7 Å². The fourth-order valence-electron chi connectivity index (χ4n) is 2.37. The van der Waals surface area contributed by atoms with Gasteiger partial charge in [-0.1, -0.05) is 23.4 Å². The summed E-state index contributed by atoms with van der Waals surface area (Å²) < 4.78 is 6.80. The summed E-state index contributed by atoms with van der Waals surface area (Å²) in [7, 11) is 0. The monoisotopic (exact) mass is 410 g/mol. The van der Waals surface area contributed by atoms with Gasteiger partial charge in [-0.25, -0.2) is 0 Å². The summed E-state index contributed by atoms with van der Waals surface area (Å²) in [4.78, 5) is 23.2. The fourth-order valence-corrected chi connectivity index (χ4v) is 3.33. The van der Waals surface area contributed by atoms with E-state index in [2.05, 4.69) is 15.5 Å². The highest BCUT2D eigenvalue weighted by Gasteiger charge is 2.14. The Balaban J connectivity index is 1.84. The average molecular weight is 411 g/mol. The predicted molar refractivity (Wildman–Crippen MR) is 106 cm³/mol. The summed E-state index contributed by atoms with van der Waals surface area (Å²) >= 11 is 7.26. The number of hydrogen-bond donors (Lipinski definition) is 1. The molecule has 0 bridgehead atoms. The lowest BCUT2D eigenvalue weighted by molar-refractivity contribution is -0.143. The maximum Gasteiger partial charge on any atom is 0.305 e. The number of halogens is 1. The van der Waals surface area contributed by atoms with E-state index < -0.39 is 0 Å². The molecule has 7 nitrogen and oxygen atoms in total. The van der Waals surface area contributed by atoms with Gasteiger partial charge in [-0.3, -0.25) is 9.59 Å². The predicted octanol–water partition coefficient (Wildman–Crippen LogP) is 3.17. The standard InChI is InChI=1S/C18H23ClN4O3S/c1-3-23-17(13-7-9-14(19)10-8-13)21-22-18(23)27-12-15(24)20-11-5-6-16(25)26-4-2/h7-10H,3-6,11-12H2,1-2H3,(H,20,24). The first-order valence-electron chi connectivity index (χ1n) is 8.79. The molecule has 0 atom stereocenters. The number of thioether (sulfide) groups is 1. The van der Waals surface area contributed by atoms with Gasteiger partial charge in [-0.15, -0.1) is 10.2 Å². The topological polar surface area (TPSA) is 86.1 Å². The van der Waals surface area contributed by atoms with Gasteiger partial charge in [0.1, 0.15) is 0 Å². The van der Waals surface area contributed by atoms with Crippen LogP contribution >= 0.6 is 23.4 Å². The molecule has 0 saturated carbocycles. The van der Waals surface area contributed by atoms with Gasteiger partial charge >= 0.3 is 5.97 Å². The van der Waals surface area contributed by atoms with Crippen LogP contribution in [0.5, 0.6) is 0 Å². The number of ether oxygens (including phenoxy) is 1. The number of benzene rings is 1. The first-order valence-corrected chi connectivity index (χ1v) is 10.2. The number of amides is 1. The van der Waals surface area contributed by atoms with Gasteiger partial charge in [0.15, 0.2) is 11.0 Å². The van der Waals surface area contributed by atoms with Gasteiger partial charge in [-0.05, 0) is 44.5 Å². The summed E-state index contributed by atoms with van der Waals surface area (Å²) in [5, 5.41) is 12.6. The maximum absolute atomic E-state index is 12.0. The van der Waals surface area contributed by atoms with Crippen LogP contribution in [0, 0.1) is 0 Å². The summed E-state index contributed by atoms with van der Waals surface area (Å²) in [6.45, 7) is 5.27.